The van der Waals surface area contributed by atoms with Crippen molar-refractivity contribution in [2.45, 2.75) is 6.42 Å². The van der Waals surface area contributed by atoms with E-state index in [4.69, 9.17) is 16.3 Å². The number of aliphatic hydroxyl groups is 1. The highest BCUT2D eigenvalue weighted by molar-refractivity contribution is 6.31. The second-order valence-electron chi connectivity index (χ2n) is 6.16. The molecule has 0 bridgehead atoms. The minimum Gasteiger partial charge on any atom is -0.396 e. The molecule has 0 atom stereocenters. The summed E-state index contributed by atoms with van der Waals surface area (Å²) in [6, 6.07) is 9.82. The van der Waals surface area contributed by atoms with E-state index in [2.05, 4.69) is 9.97 Å². The van der Waals surface area contributed by atoms with Crippen LogP contribution in [0.1, 0.15) is 5.56 Å². The molecule has 6 nitrogen and oxygen atoms in total. The number of nitrogens with one attached hydrogen (secondary N) is 1. The Labute approximate surface area is 155 Å². The van der Waals surface area contributed by atoms with E-state index in [-0.39, 0.29) is 19.1 Å². The predicted octanol–water partition coefficient (Wildman–Crippen LogP) is 2.78. The molecule has 1 fully saturated rings. The van der Waals surface area contributed by atoms with Crippen molar-refractivity contribution in [1.29, 1.82) is 0 Å². The first-order chi connectivity index (χ1) is 12.7. The van der Waals surface area contributed by atoms with Crippen LogP contribution in [0.15, 0.2) is 36.5 Å². The van der Waals surface area contributed by atoms with E-state index in [1.165, 1.54) is 0 Å². The second-order valence-corrected chi connectivity index (χ2v) is 6.54. The fourth-order valence-electron chi connectivity index (χ4n) is 3.25. The number of H-pyrrole nitrogens is 1. The first kappa shape index (κ1) is 17.0. The fraction of sp³-hybridized carbons (Fsp3) is 0.263. The summed E-state index contributed by atoms with van der Waals surface area (Å²) in [6.07, 6.45) is 2.24. The Morgan fingerprint density at radius 2 is 2.19 bits per heavy atom. The molecule has 0 radical (unpaired) electrons. The van der Waals surface area contributed by atoms with E-state index in [9.17, 15) is 9.90 Å². The summed E-state index contributed by atoms with van der Waals surface area (Å²) < 4.78 is 5.20. The zero-order chi connectivity index (χ0) is 18.1. The van der Waals surface area contributed by atoms with Gasteiger partial charge in [0.1, 0.15) is 17.4 Å². The molecule has 1 saturated heterocycles. The van der Waals surface area contributed by atoms with Crippen molar-refractivity contribution in [3.63, 3.8) is 0 Å². The number of amides is 1. The SMILES string of the molecule is O=C1COCCN1c1cccc(-c2cnc3[nH]c(Cl)c(CCO)c3c2)c1. The maximum atomic E-state index is 12.1. The molecule has 1 aliphatic rings. The number of carbonyl (C=O) groups excluding carboxylic acids is 1. The number of morpholine rings is 1. The number of halogens is 1. The molecule has 1 aliphatic heterocycles. The van der Waals surface area contributed by atoms with E-state index < -0.39 is 0 Å². The average Bonchev–Trinajstić information content (AvgIpc) is 2.97. The Bertz CT molecular complexity index is 970. The molecule has 0 spiro atoms. The highest BCUT2D eigenvalue weighted by Crippen LogP contribution is 2.31. The third kappa shape index (κ3) is 3.07. The van der Waals surface area contributed by atoms with Crippen LogP contribution in [-0.4, -0.2) is 47.3 Å². The van der Waals surface area contributed by atoms with Crippen LogP contribution in [0.5, 0.6) is 0 Å². The number of pyridine rings is 1. The van der Waals surface area contributed by atoms with Gasteiger partial charge < -0.3 is 19.7 Å². The van der Waals surface area contributed by atoms with Gasteiger partial charge in [-0.1, -0.05) is 23.7 Å². The average molecular weight is 372 g/mol. The molecule has 3 heterocycles. The number of nitrogens with zero attached hydrogens (tertiary/aromatic N) is 2. The predicted molar refractivity (Wildman–Crippen MR) is 101 cm³/mol. The van der Waals surface area contributed by atoms with Crippen LogP contribution in [-0.2, 0) is 16.0 Å². The summed E-state index contributed by atoms with van der Waals surface area (Å²) in [6.45, 7) is 1.22. The lowest BCUT2D eigenvalue weighted by atomic mass is 10.0. The maximum absolute atomic E-state index is 12.1. The summed E-state index contributed by atoms with van der Waals surface area (Å²) in [4.78, 5) is 21.3. The number of carbonyl (C=O) groups is 1. The van der Waals surface area contributed by atoms with E-state index in [1.54, 1.807) is 11.1 Å². The van der Waals surface area contributed by atoms with Gasteiger partial charge in [-0.15, -0.1) is 0 Å². The normalized spacial score (nSPS) is 15.0. The summed E-state index contributed by atoms with van der Waals surface area (Å²) in [5, 5.41) is 10.7. The van der Waals surface area contributed by atoms with E-state index in [0.29, 0.717) is 30.4 Å². The van der Waals surface area contributed by atoms with Crippen molar-refractivity contribution < 1.29 is 14.6 Å². The molecule has 0 aliphatic carbocycles. The number of aromatic nitrogens is 2. The van der Waals surface area contributed by atoms with Gasteiger partial charge in [0.15, 0.2) is 0 Å². The maximum Gasteiger partial charge on any atom is 0.253 e. The number of rotatable bonds is 4. The van der Waals surface area contributed by atoms with E-state index in [1.807, 2.05) is 30.3 Å². The second kappa shape index (κ2) is 7.07. The van der Waals surface area contributed by atoms with Crippen molar-refractivity contribution in [2.75, 3.05) is 31.3 Å². The largest absolute Gasteiger partial charge is 0.396 e. The first-order valence-electron chi connectivity index (χ1n) is 8.43. The van der Waals surface area contributed by atoms with Gasteiger partial charge in [0, 0.05) is 41.5 Å². The number of aromatic amines is 1. The summed E-state index contributed by atoms with van der Waals surface area (Å²) in [5.41, 5.74) is 4.29. The number of fused-ring (bicyclic) bond motifs is 1. The van der Waals surface area contributed by atoms with E-state index in [0.717, 1.165) is 27.8 Å². The Kier molecular flexibility index (Phi) is 4.63. The molecule has 1 aromatic carbocycles. The van der Waals surface area contributed by atoms with Crippen molar-refractivity contribution >= 4 is 34.2 Å². The van der Waals surface area contributed by atoms with Crippen LogP contribution in [0.2, 0.25) is 5.15 Å². The van der Waals surface area contributed by atoms with Crippen LogP contribution >= 0.6 is 11.6 Å². The van der Waals surface area contributed by atoms with Crippen molar-refractivity contribution in [3.8, 4) is 11.1 Å². The van der Waals surface area contributed by atoms with Gasteiger partial charge in [-0.3, -0.25) is 4.79 Å². The Morgan fingerprint density at radius 3 is 3.00 bits per heavy atom. The molecular formula is C19H18ClN3O3. The minimum atomic E-state index is -0.0374. The molecule has 2 N–H and O–H groups in total. The third-order valence-corrected chi connectivity index (χ3v) is 4.87. The van der Waals surface area contributed by atoms with Gasteiger partial charge in [-0.05, 0) is 30.2 Å². The Morgan fingerprint density at radius 1 is 1.31 bits per heavy atom. The van der Waals surface area contributed by atoms with Crippen molar-refractivity contribution in [1.82, 2.24) is 9.97 Å². The number of hydrogen-bond acceptors (Lipinski definition) is 4. The Balaban J connectivity index is 1.74. The monoisotopic (exact) mass is 371 g/mol. The number of aliphatic hydroxyl groups excluding tert-OH is 1. The number of anilines is 1. The molecule has 2 aromatic heterocycles. The molecular weight excluding hydrogens is 354 g/mol. The quantitative estimate of drug-likeness (QED) is 0.739. The highest BCUT2D eigenvalue weighted by atomic mass is 35.5. The van der Waals surface area contributed by atoms with Gasteiger partial charge in [0.25, 0.3) is 5.91 Å². The lowest BCUT2D eigenvalue weighted by Crippen LogP contribution is -2.41. The van der Waals surface area contributed by atoms with Gasteiger partial charge in [0.05, 0.1) is 6.61 Å². The standard InChI is InChI=1S/C19H18ClN3O3/c20-18-15(4-6-24)16-9-13(10-21-19(16)22-18)12-2-1-3-14(8-12)23-5-7-26-11-17(23)25/h1-3,8-10,24H,4-7,11H2,(H,21,22). The molecule has 1 amide bonds. The third-order valence-electron chi connectivity index (χ3n) is 4.54. The van der Waals surface area contributed by atoms with Crippen LogP contribution in [0.4, 0.5) is 5.69 Å². The fourth-order valence-corrected chi connectivity index (χ4v) is 3.54. The molecule has 26 heavy (non-hydrogen) atoms. The summed E-state index contributed by atoms with van der Waals surface area (Å²) in [7, 11) is 0. The van der Waals surface area contributed by atoms with Crippen LogP contribution in [0.25, 0.3) is 22.2 Å². The smallest absolute Gasteiger partial charge is 0.253 e. The van der Waals surface area contributed by atoms with Gasteiger partial charge >= 0.3 is 0 Å². The van der Waals surface area contributed by atoms with Gasteiger partial charge in [0.2, 0.25) is 0 Å². The lowest BCUT2D eigenvalue weighted by molar-refractivity contribution is -0.125. The van der Waals surface area contributed by atoms with Gasteiger partial charge in [-0.2, -0.15) is 0 Å². The van der Waals surface area contributed by atoms with Gasteiger partial charge in [-0.25, -0.2) is 4.98 Å². The number of hydrogen-bond donors (Lipinski definition) is 2. The topological polar surface area (TPSA) is 78.5 Å². The highest BCUT2D eigenvalue weighted by Gasteiger charge is 2.20. The lowest BCUT2D eigenvalue weighted by Gasteiger charge is -2.27. The molecule has 7 heteroatoms. The van der Waals surface area contributed by atoms with Crippen LogP contribution < -0.4 is 4.90 Å². The Hall–Kier alpha value is -2.41. The zero-order valence-corrected chi connectivity index (χ0v) is 14.8. The summed E-state index contributed by atoms with van der Waals surface area (Å²) in [5.74, 6) is -0.0374. The van der Waals surface area contributed by atoms with Crippen LogP contribution in [0, 0.1) is 0 Å². The number of ether oxygens (including phenoxy) is 1. The molecule has 0 saturated carbocycles. The van der Waals surface area contributed by atoms with Crippen molar-refractivity contribution in [3.05, 3.63) is 47.2 Å². The number of benzene rings is 1. The zero-order valence-electron chi connectivity index (χ0n) is 14.0. The molecule has 4 rings (SSSR count). The molecule has 0 unspecified atom stereocenters. The molecule has 3 aromatic rings. The molecule has 134 valence electrons. The summed E-state index contributed by atoms with van der Waals surface area (Å²) >= 11 is 6.22. The minimum absolute atomic E-state index is 0.0194. The first-order valence-corrected chi connectivity index (χ1v) is 8.80. The van der Waals surface area contributed by atoms with Crippen LogP contribution in [0.3, 0.4) is 0 Å². The van der Waals surface area contributed by atoms with Crippen molar-refractivity contribution in [2.24, 2.45) is 0 Å². The van der Waals surface area contributed by atoms with E-state index >= 15 is 0 Å².